The minimum atomic E-state index is -1.98. The molecule has 0 saturated carbocycles. The molecule has 3 aliphatic rings. The molecule has 0 radical (unpaired) electrons. The van der Waals surface area contributed by atoms with Gasteiger partial charge in [0.1, 0.15) is 73.2 Å². The van der Waals surface area contributed by atoms with Crippen molar-refractivity contribution in [2.45, 2.75) is 420 Å². The van der Waals surface area contributed by atoms with E-state index in [1.165, 1.54) is 244 Å². The van der Waals surface area contributed by atoms with Crippen molar-refractivity contribution in [2.75, 3.05) is 26.4 Å². The van der Waals surface area contributed by atoms with Crippen molar-refractivity contribution in [2.24, 2.45) is 0 Å². The van der Waals surface area contributed by atoms with Gasteiger partial charge >= 0.3 is 0 Å². The van der Waals surface area contributed by atoms with Gasteiger partial charge in [0, 0.05) is 6.42 Å². The largest absolute Gasteiger partial charge is 0.394 e. The fourth-order valence-electron chi connectivity index (χ4n) is 13.3. The summed E-state index contributed by atoms with van der Waals surface area (Å²) >= 11 is 0. The van der Waals surface area contributed by atoms with Crippen LogP contribution in [-0.2, 0) is 33.2 Å². The Morgan fingerprint density at radius 1 is 0.365 bits per heavy atom. The summed E-state index contributed by atoms with van der Waals surface area (Å²) < 4.78 is 34.3. The van der Waals surface area contributed by atoms with Gasteiger partial charge in [-0.1, -0.05) is 288 Å². The van der Waals surface area contributed by atoms with Crippen LogP contribution in [0.5, 0.6) is 0 Å². The van der Waals surface area contributed by atoms with Crippen molar-refractivity contribution >= 4 is 5.91 Å². The second-order valence-corrected chi connectivity index (χ2v) is 28.2. The lowest BCUT2D eigenvalue weighted by Gasteiger charge is -2.48. The molecule has 3 aliphatic heterocycles. The van der Waals surface area contributed by atoms with Gasteiger partial charge in [-0.25, -0.2) is 0 Å². The molecule has 3 fully saturated rings. The van der Waals surface area contributed by atoms with Gasteiger partial charge in [0.05, 0.1) is 38.6 Å². The molecule has 0 aromatic rings. The van der Waals surface area contributed by atoms with E-state index in [0.29, 0.717) is 12.8 Å². The Bertz CT molecular complexity index is 1880. The number of carbonyl (C=O) groups excluding carboxylic acids is 1. The number of allylic oxidation sites excluding steroid dienone is 5. The Morgan fingerprint density at radius 2 is 0.667 bits per heavy atom. The summed E-state index contributed by atoms with van der Waals surface area (Å²) in [7, 11) is 0. The molecule has 19 heteroatoms. The number of hydrogen-bond acceptors (Lipinski definition) is 18. The fraction of sp³-hybridized carbons (Fsp3) is 0.909. The summed E-state index contributed by atoms with van der Waals surface area (Å²) in [6, 6.07) is -0.986. The van der Waals surface area contributed by atoms with Crippen molar-refractivity contribution in [1.82, 2.24) is 5.32 Å². The van der Waals surface area contributed by atoms with Crippen LogP contribution in [0.25, 0.3) is 0 Å². The Balaban J connectivity index is 1.24. The highest BCUT2D eigenvalue weighted by molar-refractivity contribution is 5.76. The van der Waals surface area contributed by atoms with Gasteiger partial charge in [-0.15, -0.1) is 0 Å². The highest BCUT2D eigenvalue weighted by Crippen LogP contribution is 2.33. The second-order valence-electron chi connectivity index (χ2n) is 28.2. The second kappa shape index (κ2) is 58.5. The maximum absolute atomic E-state index is 13.4. The molecule has 0 aromatic carbocycles. The van der Waals surface area contributed by atoms with Gasteiger partial charge in [-0.3, -0.25) is 4.79 Å². The average molecular weight is 1370 g/mol. The van der Waals surface area contributed by atoms with Crippen molar-refractivity contribution in [1.29, 1.82) is 0 Å². The third kappa shape index (κ3) is 38.9. The summed E-state index contributed by atoms with van der Waals surface area (Å²) in [6.45, 7) is 1.69. The highest BCUT2D eigenvalue weighted by Gasteiger charge is 2.53. The molecular formula is C77H143NO18. The van der Waals surface area contributed by atoms with Gasteiger partial charge in [-0.05, 0) is 57.8 Å². The number of aliphatic hydroxyl groups is 11. The molecule has 0 spiro atoms. The summed E-state index contributed by atoms with van der Waals surface area (Å²) in [6.07, 6.45) is 45.0. The van der Waals surface area contributed by atoms with Gasteiger partial charge in [0.2, 0.25) is 5.91 Å². The molecule has 0 aromatic heterocycles. The maximum atomic E-state index is 13.4. The molecule has 3 saturated heterocycles. The first-order chi connectivity index (χ1) is 46.8. The minimum absolute atomic E-state index is 0.239. The summed E-state index contributed by atoms with van der Waals surface area (Å²) in [4.78, 5) is 13.4. The van der Waals surface area contributed by atoms with Crippen LogP contribution in [-0.4, -0.2) is 193 Å². The van der Waals surface area contributed by atoms with Crippen LogP contribution in [0.4, 0.5) is 0 Å². The monoisotopic (exact) mass is 1370 g/mol. The highest BCUT2D eigenvalue weighted by atomic mass is 16.8. The number of amides is 1. The van der Waals surface area contributed by atoms with E-state index in [0.717, 1.165) is 38.5 Å². The topological polar surface area (TPSA) is 307 Å². The lowest BCUT2D eigenvalue weighted by atomic mass is 9.96. The lowest BCUT2D eigenvalue weighted by Crippen LogP contribution is -2.66. The normalized spacial score (nSPS) is 27.2. The van der Waals surface area contributed by atoms with E-state index in [1.807, 2.05) is 6.08 Å². The van der Waals surface area contributed by atoms with Crippen LogP contribution >= 0.6 is 0 Å². The number of aliphatic hydroxyl groups excluding tert-OH is 11. The molecule has 17 unspecified atom stereocenters. The zero-order valence-corrected chi connectivity index (χ0v) is 60.1. The van der Waals surface area contributed by atoms with Gasteiger partial charge in [0.25, 0.3) is 0 Å². The molecule has 17 atom stereocenters. The molecule has 96 heavy (non-hydrogen) atoms. The molecule has 0 bridgehead atoms. The first-order valence-corrected chi connectivity index (χ1v) is 39.2. The van der Waals surface area contributed by atoms with Gasteiger partial charge < -0.3 is 89.9 Å². The van der Waals surface area contributed by atoms with Crippen LogP contribution in [0, 0.1) is 0 Å². The van der Waals surface area contributed by atoms with Crippen LogP contribution < -0.4 is 5.32 Å². The Labute approximate surface area is 581 Å². The third-order valence-corrected chi connectivity index (χ3v) is 19.7. The van der Waals surface area contributed by atoms with Gasteiger partial charge in [0.15, 0.2) is 18.9 Å². The van der Waals surface area contributed by atoms with Crippen molar-refractivity contribution in [3.05, 3.63) is 36.5 Å². The van der Waals surface area contributed by atoms with E-state index in [4.69, 9.17) is 28.4 Å². The Morgan fingerprint density at radius 3 is 1.05 bits per heavy atom. The number of nitrogens with one attached hydrogen (secondary N) is 1. The predicted molar refractivity (Wildman–Crippen MR) is 379 cm³/mol. The number of unbranched alkanes of at least 4 members (excludes halogenated alkanes) is 42. The molecule has 19 nitrogen and oxygen atoms in total. The minimum Gasteiger partial charge on any atom is -0.394 e. The van der Waals surface area contributed by atoms with E-state index < -0.39 is 124 Å². The quantitative estimate of drug-likeness (QED) is 0.0199. The maximum Gasteiger partial charge on any atom is 0.220 e. The number of ether oxygens (including phenoxy) is 6. The molecule has 564 valence electrons. The summed E-state index contributed by atoms with van der Waals surface area (Å²) in [5.41, 5.74) is 0. The van der Waals surface area contributed by atoms with E-state index in [1.54, 1.807) is 6.08 Å². The third-order valence-electron chi connectivity index (χ3n) is 19.7. The zero-order chi connectivity index (χ0) is 69.6. The first-order valence-electron chi connectivity index (χ1n) is 39.2. The molecule has 12 N–H and O–H groups in total. The van der Waals surface area contributed by atoms with Crippen LogP contribution in [0.3, 0.4) is 0 Å². The van der Waals surface area contributed by atoms with E-state index in [2.05, 4.69) is 43.5 Å². The zero-order valence-electron chi connectivity index (χ0n) is 60.1. The van der Waals surface area contributed by atoms with Crippen LogP contribution in [0.15, 0.2) is 36.5 Å². The van der Waals surface area contributed by atoms with E-state index in [9.17, 15) is 61.0 Å². The molecular weight excluding hydrogens is 1230 g/mol. The SMILES string of the molecule is CCCCCC/C=C/CC/C=C/C(O)C(COC1OC(CO)C(OC2OC(CO)C(OC3OC(CO)C(O)C(O)C3O)C(O)C2O)C(O)C1O)NC(=O)CCCCCCCCCCCCCCCCCCCCCCCCCCCCCCC/C=C\CCCCCCCCCC. The standard InChI is InChI=1S/C77H143NO18/c1-3-5-7-9-11-13-15-16-17-18-19-20-21-22-23-24-25-26-27-28-29-30-31-32-33-34-35-36-37-38-39-40-41-42-43-44-45-47-49-51-53-55-65(83)78-60(61(82)54-52-50-48-46-14-12-10-8-6-4-2)59-91-75-71(89)68(86)73(63(57-80)93-75)96-77-72(90)69(87)74(64(58-81)94-77)95-76-70(88)67(85)66(84)62(56-79)92-76/h14,18-19,46,52,54,60-64,66-77,79-82,84-90H,3-13,15-17,20-45,47-51,53,55-59H2,1-2H3,(H,78,83)/b19-18-,46-14+,54-52+. The number of hydrogen-bond donors (Lipinski definition) is 12. The van der Waals surface area contributed by atoms with Crippen LogP contribution in [0.1, 0.15) is 316 Å². The van der Waals surface area contributed by atoms with Crippen molar-refractivity contribution in [3.63, 3.8) is 0 Å². The molecule has 3 heterocycles. The van der Waals surface area contributed by atoms with Crippen molar-refractivity contribution < 1.29 is 89.4 Å². The summed E-state index contributed by atoms with van der Waals surface area (Å²) in [5.74, 6) is -0.282. The van der Waals surface area contributed by atoms with E-state index in [-0.39, 0.29) is 18.9 Å². The Kier molecular flexibility index (Phi) is 53.8. The average Bonchev–Trinajstić information content (AvgIpc) is 0.802. The van der Waals surface area contributed by atoms with Crippen molar-refractivity contribution in [3.8, 4) is 0 Å². The smallest absolute Gasteiger partial charge is 0.220 e. The predicted octanol–water partition coefficient (Wildman–Crippen LogP) is 12.3. The summed E-state index contributed by atoms with van der Waals surface area (Å²) in [5, 5.41) is 120. The molecule has 1 amide bonds. The van der Waals surface area contributed by atoms with E-state index >= 15 is 0 Å². The molecule has 0 aliphatic carbocycles. The first kappa shape index (κ1) is 88.2. The van der Waals surface area contributed by atoms with Gasteiger partial charge in [-0.2, -0.15) is 0 Å². The fourth-order valence-corrected chi connectivity index (χ4v) is 13.3. The number of rotatable bonds is 62. The number of carbonyl (C=O) groups is 1. The Hall–Kier alpha value is -1.99. The lowest BCUT2D eigenvalue weighted by molar-refractivity contribution is -0.379. The molecule has 3 rings (SSSR count). The van der Waals surface area contributed by atoms with Crippen LogP contribution in [0.2, 0.25) is 0 Å².